The maximum Gasteiger partial charge on any atom is 0.225 e. The molecule has 1 atom stereocenters. The molecule has 1 aliphatic rings. The first kappa shape index (κ1) is 13.1. The molecule has 0 saturated carbocycles. The van der Waals surface area contributed by atoms with Crippen molar-refractivity contribution < 1.29 is 0 Å². The van der Waals surface area contributed by atoms with Crippen molar-refractivity contribution in [3.05, 3.63) is 15.7 Å². The Labute approximate surface area is 122 Å². The Hall–Kier alpha value is -0.870. The van der Waals surface area contributed by atoms with E-state index < -0.39 is 0 Å². The van der Waals surface area contributed by atoms with Crippen LogP contribution in [0.4, 0.5) is 5.82 Å². The standard InChI is InChI=1S/C14H18ClN3S/c1-8-6-4-5-7-18(8)12-11-9(2)10(3)19-13(11)17-14(15)16-12/h8H,4-7H2,1-3H3. The van der Waals surface area contributed by atoms with Gasteiger partial charge in [-0.15, -0.1) is 11.3 Å². The highest BCUT2D eigenvalue weighted by Gasteiger charge is 2.24. The Kier molecular flexibility index (Phi) is 3.39. The van der Waals surface area contributed by atoms with Crippen LogP contribution in [0.5, 0.6) is 0 Å². The van der Waals surface area contributed by atoms with Gasteiger partial charge in [0.25, 0.3) is 0 Å². The van der Waals surface area contributed by atoms with Crippen LogP contribution in [0.15, 0.2) is 0 Å². The quantitative estimate of drug-likeness (QED) is 0.733. The number of nitrogens with zero attached hydrogens (tertiary/aromatic N) is 3. The third-order valence-electron chi connectivity index (χ3n) is 4.06. The molecule has 102 valence electrons. The smallest absolute Gasteiger partial charge is 0.225 e. The van der Waals surface area contributed by atoms with E-state index in [1.807, 2.05) is 0 Å². The summed E-state index contributed by atoms with van der Waals surface area (Å²) in [5, 5.41) is 1.56. The fourth-order valence-electron chi connectivity index (χ4n) is 2.82. The van der Waals surface area contributed by atoms with Gasteiger partial charge in [-0.05, 0) is 57.2 Å². The number of piperidine rings is 1. The predicted octanol–water partition coefficient (Wildman–Crippen LogP) is 4.34. The van der Waals surface area contributed by atoms with Gasteiger partial charge in [-0.3, -0.25) is 0 Å². The van der Waals surface area contributed by atoms with E-state index >= 15 is 0 Å². The van der Waals surface area contributed by atoms with E-state index in [2.05, 4.69) is 35.6 Å². The van der Waals surface area contributed by atoms with Gasteiger partial charge < -0.3 is 4.90 Å². The average Bonchev–Trinajstić information content (AvgIpc) is 2.64. The molecule has 1 aliphatic heterocycles. The number of thiophene rings is 1. The van der Waals surface area contributed by atoms with Crippen molar-refractivity contribution in [2.24, 2.45) is 0 Å². The molecule has 2 aromatic heterocycles. The molecule has 0 bridgehead atoms. The molecular formula is C14H18ClN3S. The van der Waals surface area contributed by atoms with Gasteiger partial charge in [0.15, 0.2) is 0 Å². The van der Waals surface area contributed by atoms with Crippen LogP contribution in [-0.2, 0) is 0 Å². The van der Waals surface area contributed by atoms with Crippen molar-refractivity contribution in [3.63, 3.8) is 0 Å². The van der Waals surface area contributed by atoms with E-state index in [4.69, 9.17) is 11.6 Å². The van der Waals surface area contributed by atoms with Gasteiger partial charge in [0, 0.05) is 17.5 Å². The van der Waals surface area contributed by atoms with E-state index in [1.54, 1.807) is 11.3 Å². The normalized spacial score (nSPS) is 20.2. The van der Waals surface area contributed by atoms with Crippen molar-refractivity contribution in [2.75, 3.05) is 11.4 Å². The molecule has 1 fully saturated rings. The monoisotopic (exact) mass is 295 g/mol. The second kappa shape index (κ2) is 4.91. The minimum atomic E-state index is 0.363. The van der Waals surface area contributed by atoms with E-state index in [-0.39, 0.29) is 0 Å². The highest BCUT2D eigenvalue weighted by Crippen LogP contribution is 2.37. The molecule has 3 nitrogen and oxygen atoms in total. The number of anilines is 1. The van der Waals surface area contributed by atoms with Gasteiger partial charge in [-0.25, -0.2) is 4.98 Å². The molecule has 0 radical (unpaired) electrons. The fourth-order valence-corrected chi connectivity index (χ4v) is 4.06. The SMILES string of the molecule is Cc1sc2nc(Cl)nc(N3CCCCC3C)c2c1C. The molecule has 3 heterocycles. The first-order valence-corrected chi connectivity index (χ1v) is 7.97. The van der Waals surface area contributed by atoms with Crippen LogP contribution in [0.25, 0.3) is 10.2 Å². The summed E-state index contributed by atoms with van der Waals surface area (Å²) in [6, 6.07) is 0.530. The largest absolute Gasteiger partial charge is 0.353 e. The van der Waals surface area contributed by atoms with Crippen molar-refractivity contribution in [2.45, 2.75) is 46.1 Å². The summed E-state index contributed by atoms with van der Waals surface area (Å²) in [6.45, 7) is 7.63. The Bertz CT molecular complexity index is 623. The van der Waals surface area contributed by atoms with E-state index in [9.17, 15) is 0 Å². The topological polar surface area (TPSA) is 29.0 Å². The lowest BCUT2D eigenvalue weighted by molar-refractivity contribution is 0.482. The molecule has 0 aliphatic carbocycles. The first-order valence-electron chi connectivity index (χ1n) is 6.78. The predicted molar refractivity (Wildman–Crippen MR) is 82.6 cm³/mol. The average molecular weight is 296 g/mol. The van der Waals surface area contributed by atoms with Crippen molar-refractivity contribution in [3.8, 4) is 0 Å². The van der Waals surface area contributed by atoms with Crippen LogP contribution in [-0.4, -0.2) is 22.6 Å². The van der Waals surface area contributed by atoms with Crippen LogP contribution >= 0.6 is 22.9 Å². The highest BCUT2D eigenvalue weighted by molar-refractivity contribution is 7.18. The van der Waals surface area contributed by atoms with Gasteiger partial charge in [-0.1, -0.05) is 0 Å². The second-order valence-electron chi connectivity index (χ2n) is 5.32. The zero-order valence-electron chi connectivity index (χ0n) is 11.5. The molecule has 0 N–H and O–H groups in total. The minimum absolute atomic E-state index is 0.363. The highest BCUT2D eigenvalue weighted by atomic mass is 35.5. The van der Waals surface area contributed by atoms with Crippen molar-refractivity contribution in [1.82, 2.24) is 9.97 Å². The van der Waals surface area contributed by atoms with Crippen molar-refractivity contribution in [1.29, 1.82) is 0 Å². The number of fused-ring (bicyclic) bond motifs is 1. The van der Waals surface area contributed by atoms with E-state index in [1.165, 1.54) is 35.1 Å². The third kappa shape index (κ3) is 2.21. The lowest BCUT2D eigenvalue weighted by Crippen LogP contribution is -2.38. The van der Waals surface area contributed by atoms with Gasteiger partial charge in [0.05, 0.1) is 5.39 Å². The minimum Gasteiger partial charge on any atom is -0.353 e. The maximum atomic E-state index is 6.11. The summed E-state index contributed by atoms with van der Waals surface area (Å²) in [4.78, 5) is 13.6. The number of aryl methyl sites for hydroxylation is 2. The lowest BCUT2D eigenvalue weighted by Gasteiger charge is -2.34. The summed E-state index contributed by atoms with van der Waals surface area (Å²) in [5.41, 5.74) is 1.30. The molecule has 19 heavy (non-hydrogen) atoms. The number of aromatic nitrogens is 2. The molecule has 0 spiro atoms. The molecule has 0 amide bonds. The van der Waals surface area contributed by atoms with Gasteiger partial charge in [0.1, 0.15) is 10.6 Å². The maximum absolute atomic E-state index is 6.11. The summed E-state index contributed by atoms with van der Waals surface area (Å²) in [5.74, 6) is 1.03. The van der Waals surface area contributed by atoms with Gasteiger partial charge in [0.2, 0.25) is 5.28 Å². The fraction of sp³-hybridized carbons (Fsp3) is 0.571. The Balaban J connectivity index is 2.21. The van der Waals surface area contributed by atoms with E-state index in [0.29, 0.717) is 11.3 Å². The Morgan fingerprint density at radius 3 is 2.79 bits per heavy atom. The number of halogens is 1. The number of rotatable bonds is 1. The molecule has 0 aromatic carbocycles. The summed E-state index contributed by atoms with van der Waals surface area (Å²) < 4.78 is 0. The van der Waals surface area contributed by atoms with Crippen LogP contribution in [0.2, 0.25) is 5.28 Å². The van der Waals surface area contributed by atoms with E-state index in [0.717, 1.165) is 17.2 Å². The molecule has 1 unspecified atom stereocenters. The first-order chi connectivity index (χ1) is 9.08. The van der Waals surface area contributed by atoms with Crippen LogP contribution < -0.4 is 4.90 Å². The Morgan fingerprint density at radius 1 is 1.26 bits per heavy atom. The number of hydrogen-bond donors (Lipinski definition) is 0. The molecule has 2 aromatic rings. The summed E-state index contributed by atoms with van der Waals surface area (Å²) in [6.07, 6.45) is 3.77. The van der Waals surface area contributed by atoms with Gasteiger partial charge in [-0.2, -0.15) is 4.98 Å². The molecule has 1 saturated heterocycles. The summed E-state index contributed by atoms with van der Waals surface area (Å²) in [7, 11) is 0. The molecule has 3 rings (SSSR count). The molecule has 5 heteroatoms. The van der Waals surface area contributed by atoms with Gasteiger partial charge >= 0.3 is 0 Å². The van der Waals surface area contributed by atoms with Crippen LogP contribution in [0, 0.1) is 13.8 Å². The second-order valence-corrected chi connectivity index (χ2v) is 6.86. The lowest BCUT2D eigenvalue weighted by atomic mass is 10.0. The Morgan fingerprint density at radius 2 is 2.05 bits per heavy atom. The zero-order valence-corrected chi connectivity index (χ0v) is 13.1. The summed E-state index contributed by atoms with van der Waals surface area (Å²) >= 11 is 7.82. The zero-order chi connectivity index (χ0) is 13.6. The van der Waals surface area contributed by atoms with Crippen molar-refractivity contribution >= 4 is 39.0 Å². The number of hydrogen-bond acceptors (Lipinski definition) is 4. The van der Waals surface area contributed by atoms with Crippen LogP contribution in [0.3, 0.4) is 0 Å². The third-order valence-corrected chi connectivity index (χ3v) is 5.33. The van der Waals surface area contributed by atoms with Crippen LogP contribution in [0.1, 0.15) is 36.6 Å². The molecular weight excluding hydrogens is 278 g/mol.